The maximum atomic E-state index is 13.9. The molecule has 2 fully saturated rings. The molecule has 0 unspecified atom stereocenters. The number of likely N-dealkylation sites (tertiary alicyclic amines) is 1. The van der Waals surface area contributed by atoms with Gasteiger partial charge in [-0.2, -0.15) is 0 Å². The summed E-state index contributed by atoms with van der Waals surface area (Å²) in [7, 11) is 1.27. The summed E-state index contributed by atoms with van der Waals surface area (Å²) >= 11 is 6.13. The van der Waals surface area contributed by atoms with Crippen molar-refractivity contribution >= 4 is 41.2 Å². The molecule has 1 spiro atoms. The van der Waals surface area contributed by atoms with Crippen molar-refractivity contribution in [1.29, 1.82) is 0 Å². The van der Waals surface area contributed by atoms with Gasteiger partial charge in [-0.1, -0.05) is 38.4 Å². The van der Waals surface area contributed by atoms with Gasteiger partial charge in [0.1, 0.15) is 17.7 Å². The third-order valence-electron chi connectivity index (χ3n) is 6.48. The van der Waals surface area contributed by atoms with Crippen LogP contribution in [0.25, 0.3) is 0 Å². The van der Waals surface area contributed by atoms with Gasteiger partial charge in [0.2, 0.25) is 11.8 Å². The Morgan fingerprint density at radius 3 is 2.36 bits per heavy atom. The van der Waals surface area contributed by atoms with Crippen LogP contribution >= 0.6 is 11.6 Å². The van der Waals surface area contributed by atoms with Gasteiger partial charge in [0, 0.05) is 35.6 Å². The summed E-state index contributed by atoms with van der Waals surface area (Å²) < 4.78 is 10.4. The molecule has 2 saturated heterocycles. The zero-order valence-corrected chi connectivity index (χ0v) is 22.8. The van der Waals surface area contributed by atoms with Gasteiger partial charge in [-0.05, 0) is 50.8 Å². The molecule has 3 amide bonds. The van der Waals surface area contributed by atoms with E-state index in [1.807, 2.05) is 20.8 Å². The highest BCUT2D eigenvalue weighted by molar-refractivity contribution is 6.30. The molecule has 0 saturated carbocycles. The first-order chi connectivity index (χ1) is 16.5. The number of methoxy groups -OCH3 is 1. The van der Waals surface area contributed by atoms with Crippen molar-refractivity contribution in [2.75, 3.05) is 25.1 Å². The lowest BCUT2D eigenvalue weighted by atomic mass is 9.84. The summed E-state index contributed by atoms with van der Waals surface area (Å²) in [5, 5.41) is 3.21. The van der Waals surface area contributed by atoms with Crippen molar-refractivity contribution in [3.8, 4) is 0 Å². The van der Waals surface area contributed by atoms with Crippen LogP contribution < -0.4 is 10.2 Å². The Balaban J connectivity index is 1.89. The van der Waals surface area contributed by atoms with Crippen LogP contribution in [0.4, 0.5) is 10.5 Å². The Labute approximate surface area is 217 Å². The fourth-order valence-electron chi connectivity index (χ4n) is 4.89. The zero-order valence-electron chi connectivity index (χ0n) is 22.0. The normalized spacial score (nSPS) is 23.1. The fraction of sp³-hybridized carbons (Fsp3) is 0.615. The van der Waals surface area contributed by atoms with E-state index >= 15 is 0 Å². The topological polar surface area (TPSA) is 105 Å². The summed E-state index contributed by atoms with van der Waals surface area (Å²) in [5.41, 5.74) is -1.39. The number of nitrogens with one attached hydrogen (secondary N) is 1. The van der Waals surface area contributed by atoms with Gasteiger partial charge >= 0.3 is 12.1 Å². The van der Waals surface area contributed by atoms with Crippen LogP contribution in [-0.2, 0) is 23.9 Å². The van der Waals surface area contributed by atoms with Gasteiger partial charge in [0.25, 0.3) is 0 Å². The van der Waals surface area contributed by atoms with Gasteiger partial charge < -0.3 is 24.6 Å². The predicted octanol–water partition coefficient (Wildman–Crippen LogP) is 3.78. The number of nitrogens with zero attached hydrogens (tertiary/aromatic N) is 2. The first-order valence-electron chi connectivity index (χ1n) is 12.0. The number of carbonyl (C=O) groups excluding carboxylic acids is 4. The molecule has 0 aliphatic carbocycles. The Morgan fingerprint density at radius 1 is 1.14 bits per heavy atom. The molecule has 2 aliphatic heterocycles. The molecule has 0 aromatic heterocycles. The molecular weight excluding hydrogens is 486 g/mol. The van der Waals surface area contributed by atoms with E-state index in [0.717, 1.165) is 0 Å². The number of ether oxygens (including phenoxy) is 2. The standard InChI is InChI=1S/C26H36ClN3O6/c1-24(2,3)20(28-23(34)36-25(4,5)6)21(32)30-15-26(12-18(30)22(33)35-7)13-19(31)29(14-26)17-10-8-9-16(27)11-17/h8-11,18,20H,12-15H2,1-7H3,(H,28,34)/t18-,20+,26+/m0/s1. The van der Waals surface area contributed by atoms with Crippen LogP contribution in [0.15, 0.2) is 24.3 Å². The molecule has 198 valence electrons. The second-order valence-electron chi connectivity index (χ2n) is 11.8. The molecule has 1 aromatic rings. The SMILES string of the molecule is COC(=O)[C@@H]1C[C@]2(CC(=O)N(c3cccc(Cl)c3)C2)CN1C(=O)[C@@H](NC(=O)OC(C)(C)C)C(C)(C)C. The number of benzene rings is 1. The highest BCUT2D eigenvalue weighted by Crippen LogP contribution is 2.45. The number of hydrogen-bond acceptors (Lipinski definition) is 6. The molecule has 1 aromatic carbocycles. The largest absolute Gasteiger partial charge is 0.467 e. The molecule has 3 rings (SSSR count). The van der Waals surface area contributed by atoms with E-state index in [4.69, 9.17) is 21.1 Å². The van der Waals surface area contributed by atoms with Crippen LogP contribution in [0.2, 0.25) is 5.02 Å². The van der Waals surface area contributed by atoms with E-state index in [1.54, 1.807) is 49.9 Å². The predicted molar refractivity (Wildman–Crippen MR) is 136 cm³/mol. The van der Waals surface area contributed by atoms with Crippen molar-refractivity contribution in [2.24, 2.45) is 10.8 Å². The lowest BCUT2D eigenvalue weighted by Gasteiger charge is -2.35. The van der Waals surface area contributed by atoms with Gasteiger partial charge in [-0.25, -0.2) is 9.59 Å². The van der Waals surface area contributed by atoms with Crippen molar-refractivity contribution < 1.29 is 28.7 Å². The molecule has 36 heavy (non-hydrogen) atoms. The Kier molecular flexibility index (Phi) is 7.65. The van der Waals surface area contributed by atoms with Crippen LogP contribution in [0.1, 0.15) is 54.4 Å². The second kappa shape index (κ2) is 9.92. The summed E-state index contributed by atoms with van der Waals surface area (Å²) in [6, 6.07) is 5.19. The minimum atomic E-state index is -0.962. The van der Waals surface area contributed by atoms with Gasteiger partial charge in [-0.3, -0.25) is 9.59 Å². The quantitative estimate of drug-likeness (QED) is 0.604. The van der Waals surface area contributed by atoms with E-state index in [0.29, 0.717) is 17.3 Å². The number of amides is 3. The molecule has 9 nitrogen and oxygen atoms in total. The molecule has 10 heteroatoms. The second-order valence-corrected chi connectivity index (χ2v) is 12.2. The van der Waals surface area contributed by atoms with Crippen molar-refractivity contribution in [3.63, 3.8) is 0 Å². The molecule has 3 atom stereocenters. The summed E-state index contributed by atoms with van der Waals surface area (Å²) in [5.74, 6) is -1.08. The van der Waals surface area contributed by atoms with Crippen molar-refractivity contribution in [1.82, 2.24) is 10.2 Å². The van der Waals surface area contributed by atoms with E-state index < -0.39 is 46.5 Å². The van der Waals surface area contributed by atoms with Crippen molar-refractivity contribution in [2.45, 2.75) is 72.1 Å². The van der Waals surface area contributed by atoms with Gasteiger partial charge in [0.05, 0.1) is 7.11 Å². The Bertz CT molecular complexity index is 1050. The lowest BCUT2D eigenvalue weighted by molar-refractivity contribution is -0.152. The number of anilines is 1. The first-order valence-corrected chi connectivity index (χ1v) is 12.4. The van der Waals surface area contributed by atoms with Gasteiger partial charge in [-0.15, -0.1) is 0 Å². The number of hydrogen-bond donors (Lipinski definition) is 1. The van der Waals surface area contributed by atoms with Crippen molar-refractivity contribution in [3.05, 3.63) is 29.3 Å². The number of esters is 1. The number of rotatable bonds is 4. The smallest absolute Gasteiger partial charge is 0.408 e. The van der Waals surface area contributed by atoms with E-state index in [2.05, 4.69) is 5.32 Å². The Morgan fingerprint density at radius 2 is 1.81 bits per heavy atom. The average molecular weight is 522 g/mol. The van der Waals surface area contributed by atoms with Crippen LogP contribution in [0.3, 0.4) is 0 Å². The fourth-order valence-corrected chi connectivity index (χ4v) is 5.08. The van der Waals surface area contributed by atoms with Crippen LogP contribution in [-0.4, -0.2) is 66.7 Å². The Hall–Kier alpha value is -2.81. The van der Waals surface area contributed by atoms with Gasteiger partial charge in [0.15, 0.2) is 0 Å². The number of alkyl carbamates (subject to hydrolysis) is 1. The maximum Gasteiger partial charge on any atom is 0.408 e. The molecule has 0 radical (unpaired) electrons. The molecule has 0 bridgehead atoms. The highest BCUT2D eigenvalue weighted by Gasteiger charge is 2.56. The molecule has 2 aliphatic rings. The van der Waals surface area contributed by atoms with E-state index in [9.17, 15) is 19.2 Å². The first kappa shape index (κ1) is 27.8. The van der Waals surface area contributed by atoms with Crippen LogP contribution in [0.5, 0.6) is 0 Å². The third-order valence-corrected chi connectivity index (χ3v) is 6.71. The summed E-state index contributed by atoms with van der Waals surface area (Å²) in [6.07, 6.45) is -0.268. The van der Waals surface area contributed by atoms with E-state index in [-0.39, 0.29) is 25.3 Å². The zero-order chi connectivity index (χ0) is 27.1. The third kappa shape index (κ3) is 6.11. The lowest BCUT2D eigenvalue weighted by Crippen LogP contribution is -2.57. The summed E-state index contributed by atoms with van der Waals surface area (Å²) in [4.78, 5) is 55.4. The molecular formula is C26H36ClN3O6. The molecule has 2 heterocycles. The average Bonchev–Trinajstić information content (AvgIpc) is 3.28. The maximum absolute atomic E-state index is 13.9. The minimum Gasteiger partial charge on any atom is -0.467 e. The number of halogens is 1. The highest BCUT2D eigenvalue weighted by atomic mass is 35.5. The monoisotopic (exact) mass is 521 g/mol. The van der Waals surface area contributed by atoms with Crippen LogP contribution in [0, 0.1) is 10.8 Å². The van der Waals surface area contributed by atoms with E-state index in [1.165, 1.54) is 12.0 Å². The summed E-state index contributed by atoms with van der Waals surface area (Å²) in [6.45, 7) is 11.2. The minimum absolute atomic E-state index is 0.102. The number of carbonyl (C=O) groups is 4. The molecule has 1 N–H and O–H groups in total.